The SMILES string of the molecule is CCCCCCCCCCCCCCCCCC/C=C/C(O)C(CO)NC(=O)CCCCCCCCCCCCCCCCOC(=O)CCCCCCCCCCCCCC. The molecule has 2 atom stereocenters. The maximum atomic E-state index is 12.5. The van der Waals surface area contributed by atoms with Crippen LogP contribution in [0.2, 0.25) is 0 Å². The van der Waals surface area contributed by atoms with Gasteiger partial charge in [0.15, 0.2) is 0 Å². The molecular weight excluding hydrogens is 755 g/mol. The molecule has 0 aromatic heterocycles. The monoisotopic (exact) mass is 862 g/mol. The molecule has 0 bridgehead atoms. The predicted molar refractivity (Wildman–Crippen MR) is 264 cm³/mol. The smallest absolute Gasteiger partial charge is 0.305 e. The van der Waals surface area contributed by atoms with Gasteiger partial charge in [-0.1, -0.05) is 270 Å². The van der Waals surface area contributed by atoms with E-state index in [9.17, 15) is 19.8 Å². The van der Waals surface area contributed by atoms with Gasteiger partial charge >= 0.3 is 5.97 Å². The van der Waals surface area contributed by atoms with Crippen molar-refractivity contribution in [2.75, 3.05) is 13.2 Å². The molecule has 0 aliphatic rings. The fraction of sp³-hybridized carbons (Fsp3) is 0.927. The Morgan fingerprint density at radius 2 is 0.754 bits per heavy atom. The summed E-state index contributed by atoms with van der Waals surface area (Å²) in [7, 11) is 0. The summed E-state index contributed by atoms with van der Waals surface area (Å²) in [6.07, 6.45) is 59.3. The number of aliphatic hydroxyl groups is 2. The number of hydrogen-bond acceptors (Lipinski definition) is 5. The van der Waals surface area contributed by atoms with Crippen LogP contribution in [0.5, 0.6) is 0 Å². The molecule has 0 saturated heterocycles. The first kappa shape index (κ1) is 59.6. The molecule has 2 unspecified atom stereocenters. The minimum Gasteiger partial charge on any atom is -0.466 e. The molecule has 0 radical (unpaired) electrons. The van der Waals surface area contributed by atoms with Crippen LogP contribution < -0.4 is 5.32 Å². The van der Waals surface area contributed by atoms with Gasteiger partial charge in [0.1, 0.15) is 0 Å². The van der Waals surface area contributed by atoms with Gasteiger partial charge in [-0.2, -0.15) is 0 Å². The van der Waals surface area contributed by atoms with Gasteiger partial charge in [0.25, 0.3) is 0 Å². The van der Waals surface area contributed by atoms with E-state index in [1.54, 1.807) is 6.08 Å². The Hall–Kier alpha value is -1.40. The largest absolute Gasteiger partial charge is 0.466 e. The maximum Gasteiger partial charge on any atom is 0.305 e. The summed E-state index contributed by atoms with van der Waals surface area (Å²) in [5, 5.41) is 23.1. The molecule has 0 fully saturated rings. The third kappa shape index (κ3) is 47.9. The number of carbonyl (C=O) groups excluding carboxylic acids is 2. The summed E-state index contributed by atoms with van der Waals surface area (Å²) in [4.78, 5) is 24.5. The lowest BCUT2D eigenvalue weighted by atomic mass is 10.0. The molecule has 1 amide bonds. The van der Waals surface area contributed by atoms with Crippen LogP contribution in [0.25, 0.3) is 0 Å². The van der Waals surface area contributed by atoms with Gasteiger partial charge in [-0.05, 0) is 32.1 Å². The molecule has 0 heterocycles. The lowest BCUT2D eigenvalue weighted by molar-refractivity contribution is -0.143. The van der Waals surface area contributed by atoms with Crippen LogP contribution in [0, 0.1) is 0 Å². The molecule has 3 N–H and O–H groups in total. The fourth-order valence-electron chi connectivity index (χ4n) is 8.58. The molecule has 362 valence electrons. The van der Waals surface area contributed by atoms with Crippen molar-refractivity contribution in [3.05, 3.63) is 12.2 Å². The zero-order valence-corrected chi connectivity index (χ0v) is 41.2. The highest BCUT2D eigenvalue weighted by Crippen LogP contribution is 2.17. The van der Waals surface area contributed by atoms with Gasteiger partial charge < -0.3 is 20.3 Å². The van der Waals surface area contributed by atoms with Crippen LogP contribution in [-0.4, -0.2) is 47.4 Å². The van der Waals surface area contributed by atoms with Crippen molar-refractivity contribution in [2.45, 2.75) is 315 Å². The number of nitrogens with one attached hydrogen (secondary N) is 1. The summed E-state index contributed by atoms with van der Waals surface area (Å²) < 4.78 is 5.46. The molecule has 0 aromatic carbocycles. The summed E-state index contributed by atoms with van der Waals surface area (Å²) in [5.74, 6) is -0.0783. The van der Waals surface area contributed by atoms with Gasteiger partial charge in [-0.15, -0.1) is 0 Å². The highest BCUT2D eigenvalue weighted by Gasteiger charge is 2.18. The topological polar surface area (TPSA) is 95.9 Å². The fourth-order valence-corrected chi connectivity index (χ4v) is 8.58. The van der Waals surface area contributed by atoms with E-state index < -0.39 is 12.1 Å². The third-order valence-electron chi connectivity index (χ3n) is 12.8. The molecule has 6 heteroatoms. The van der Waals surface area contributed by atoms with Crippen molar-refractivity contribution >= 4 is 11.9 Å². The zero-order chi connectivity index (χ0) is 44.4. The Morgan fingerprint density at radius 3 is 1.11 bits per heavy atom. The van der Waals surface area contributed by atoms with E-state index >= 15 is 0 Å². The van der Waals surface area contributed by atoms with Crippen LogP contribution in [-0.2, 0) is 14.3 Å². The molecule has 6 nitrogen and oxygen atoms in total. The number of rotatable bonds is 51. The van der Waals surface area contributed by atoms with E-state index in [0.717, 1.165) is 57.8 Å². The number of carbonyl (C=O) groups is 2. The average Bonchev–Trinajstić information content (AvgIpc) is 3.26. The summed E-state index contributed by atoms with van der Waals surface area (Å²) in [6.45, 7) is 4.90. The normalized spacial score (nSPS) is 12.7. The third-order valence-corrected chi connectivity index (χ3v) is 12.8. The van der Waals surface area contributed by atoms with Crippen LogP contribution in [0.3, 0.4) is 0 Å². The molecule has 0 spiro atoms. The standard InChI is InChI=1S/C55H107NO5/c1-3-5-7-9-11-13-15-17-18-19-20-21-24-27-31-35-39-43-47-53(58)52(51-57)56-54(59)48-44-40-36-32-28-25-22-23-26-30-34-38-42-46-50-61-55(60)49-45-41-37-33-29-16-14-12-10-8-6-4-2/h43,47,52-53,57-58H,3-42,44-46,48-51H2,1-2H3,(H,56,59)/b47-43+. The van der Waals surface area contributed by atoms with Gasteiger partial charge in [-0.25, -0.2) is 0 Å². The molecule has 0 aromatic rings. The molecule has 0 aliphatic carbocycles. The molecule has 0 aliphatic heterocycles. The summed E-state index contributed by atoms with van der Waals surface area (Å²) in [5.41, 5.74) is 0. The highest BCUT2D eigenvalue weighted by atomic mass is 16.5. The van der Waals surface area contributed by atoms with E-state index in [-0.39, 0.29) is 18.5 Å². The Labute approximate surface area is 380 Å². The van der Waals surface area contributed by atoms with E-state index in [0.29, 0.717) is 19.4 Å². The van der Waals surface area contributed by atoms with Crippen LogP contribution in [0.4, 0.5) is 0 Å². The van der Waals surface area contributed by atoms with Crippen molar-refractivity contribution in [3.8, 4) is 0 Å². The van der Waals surface area contributed by atoms with E-state index in [2.05, 4.69) is 19.2 Å². The second kappa shape index (κ2) is 51.2. The Morgan fingerprint density at radius 1 is 0.443 bits per heavy atom. The number of esters is 1. The Balaban J connectivity index is 3.48. The number of aliphatic hydroxyl groups excluding tert-OH is 2. The van der Waals surface area contributed by atoms with E-state index in [1.807, 2.05) is 6.08 Å². The quantitative estimate of drug-likeness (QED) is 0.0322. The minimum atomic E-state index is -0.850. The molecular formula is C55H107NO5. The second-order valence-corrected chi connectivity index (χ2v) is 18.9. The zero-order valence-electron chi connectivity index (χ0n) is 41.2. The first-order valence-corrected chi connectivity index (χ1v) is 27.5. The number of amides is 1. The highest BCUT2D eigenvalue weighted by molar-refractivity contribution is 5.76. The van der Waals surface area contributed by atoms with Crippen LogP contribution >= 0.6 is 0 Å². The lowest BCUT2D eigenvalue weighted by Crippen LogP contribution is -2.45. The van der Waals surface area contributed by atoms with E-state index in [4.69, 9.17) is 4.74 Å². The number of hydrogen-bond donors (Lipinski definition) is 3. The van der Waals surface area contributed by atoms with Crippen molar-refractivity contribution in [3.63, 3.8) is 0 Å². The number of unbranched alkanes of at least 4 members (excludes halogenated alkanes) is 40. The number of ether oxygens (including phenoxy) is 1. The Bertz CT molecular complexity index is 909. The van der Waals surface area contributed by atoms with Gasteiger partial charge in [0, 0.05) is 12.8 Å². The molecule has 61 heavy (non-hydrogen) atoms. The van der Waals surface area contributed by atoms with Gasteiger partial charge in [-0.3, -0.25) is 9.59 Å². The van der Waals surface area contributed by atoms with E-state index in [1.165, 1.54) is 218 Å². The Kier molecular flexibility index (Phi) is 50.1. The number of allylic oxidation sites excluding steroid dienone is 1. The lowest BCUT2D eigenvalue weighted by Gasteiger charge is -2.20. The summed E-state index contributed by atoms with van der Waals surface area (Å²) in [6, 6.07) is -0.635. The minimum absolute atomic E-state index is 0.00229. The predicted octanol–water partition coefficient (Wildman–Crippen LogP) is 16.5. The summed E-state index contributed by atoms with van der Waals surface area (Å²) >= 11 is 0. The molecule has 0 saturated carbocycles. The van der Waals surface area contributed by atoms with Crippen molar-refractivity contribution in [1.29, 1.82) is 0 Å². The van der Waals surface area contributed by atoms with Crippen molar-refractivity contribution < 1.29 is 24.5 Å². The molecule has 0 rings (SSSR count). The van der Waals surface area contributed by atoms with Crippen molar-refractivity contribution in [2.24, 2.45) is 0 Å². The van der Waals surface area contributed by atoms with Gasteiger partial charge in [0.05, 0.1) is 25.4 Å². The maximum absolute atomic E-state index is 12.5. The first-order chi connectivity index (χ1) is 30.0. The van der Waals surface area contributed by atoms with Crippen LogP contribution in [0.15, 0.2) is 12.2 Å². The van der Waals surface area contributed by atoms with Crippen molar-refractivity contribution in [1.82, 2.24) is 5.32 Å². The van der Waals surface area contributed by atoms with Gasteiger partial charge in [0.2, 0.25) is 5.91 Å². The van der Waals surface area contributed by atoms with Crippen LogP contribution in [0.1, 0.15) is 303 Å². The second-order valence-electron chi connectivity index (χ2n) is 18.9. The first-order valence-electron chi connectivity index (χ1n) is 27.5. The average molecular weight is 862 g/mol.